The molecule has 0 aliphatic rings. The summed E-state index contributed by atoms with van der Waals surface area (Å²) >= 11 is 0. The van der Waals surface area contributed by atoms with Gasteiger partial charge in [0.25, 0.3) is 6.54 Å². The van der Waals surface area contributed by atoms with Crippen molar-refractivity contribution in [3.05, 3.63) is 69.8 Å². The average molecular weight is 325 g/mol. The van der Waals surface area contributed by atoms with E-state index >= 15 is 0 Å². The molecule has 0 saturated heterocycles. The van der Waals surface area contributed by atoms with E-state index in [1.807, 2.05) is 0 Å². The SMILES string of the molecule is O=C(C[N+](=O)[O-])c1ccccc1Oc1ccc(C(F)(F)F)cc1. The molecule has 0 heterocycles. The van der Waals surface area contributed by atoms with Gasteiger partial charge in [0.1, 0.15) is 11.5 Å². The van der Waals surface area contributed by atoms with Crippen molar-refractivity contribution in [2.24, 2.45) is 0 Å². The topological polar surface area (TPSA) is 69.4 Å². The van der Waals surface area contributed by atoms with Crippen LogP contribution in [0.3, 0.4) is 0 Å². The first-order chi connectivity index (χ1) is 10.8. The van der Waals surface area contributed by atoms with Crippen molar-refractivity contribution in [2.75, 3.05) is 6.54 Å². The fraction of sp³-hybridized carbons (Fsp3) is 0.133. The molecular weight excluding hydrogens is 315 g/mol. The van der Waals surface area contributed by atoms with Gasteiger partial charge in [0.15, 0.2) is 0 Å². The Kier molecular flexibility index (Phi) is 4.63. The van der Waals surface area contributed by atoms with E-state index in [0.717, 1.165) is 24.3 Å². The van der Waals surface area contributed by atoms with E-state index in [0.29, 0.717) is 0 Å². The van der Waals surface area contributed by atoms with E-state index in [4.69, 9.17) is 4.74 Å². The summed E-state index contributed by atoms with van der Waals surface area (Å²) in [4.78, 5) is 21.4. The van der Waals surface area contributed by atoms with Crippen LogP contribution in [0.1, 0.15) is 15.9 Å². The van der Waals surface area contributed by atoms with Gasteiger partial charge in [-0.05, 0) is 36.4 Å². The van der Waals surface area contributed by atoms with Gasteiger partial charge in [-0.2, -0.15) is 13.2 Å². The molecule has 0 spiro atoms. The Labute approximate surface area is 128 Å². The molecule has 0 N–H and O–H groups in total. The molecule has 2 rings (SSSR count). The first kappa shape index (κ1) is 16.5. The molecule has 0 atom stereocenters. The number of hydrogen-bond acceptors (Lipinski definition) is 4. The molecule has 0 saturated carbocycles. The number of halogens is 3. The number of hydrogen-bond donors (Lipinski definition) is 0. The van der Waals surface area contributed by atoms with Gasteiger partial charge >= 0.3 is 6.18 Å². The first-order valence-corrected chi connectivity index (χ1v) is 6.36. The lowest BCUT2D eigenvalue weighted by Gasteiger charge is -2.11. The molecule has 120 valence electrons. The number of alkyl halides is 3. The predicted molar refractivity (Wildman–Crippen MR) is 74.2 cm³/mol. The smallest absolute Gasteiger partial charge is 0.416 e. The number of nitrogens with zero attached hydrogens (tertiary/aromatic N) is 1. The second kappa shape index (κ2) is 6.47. The van der Waals surface area contributed by atoms with Crippen LogP contribution in [0.4, 0.5) is 13.2 Å². The third-order valence-corrected chi connectivity index (χ3v) is 2.87. The molecule has 5 nitrogen and oxygen atoms in total. The lowest BCUT2D eigenvalue weighted by Crippen LogP contribution is -2.14. The molecule has 0 amide bonds. The zero-order valence-electron chi connectivity index (χ0n) is 11.5. The van der Waals surface area contributed by atoms with Crippen LogP contribution in [0, 0.1) is 10.1 Å². The van der Waals surface area contributed by atoms with Gasteiger partial charge in [0.2, 0.25) is 5.78 Å². The van der Waals surface area contributed by atoms with E-state index in [9.17, 15) is 28.1 Å². The van der Waals surface area contributed by atoms with Crippen molar-refractivity contribution in [3.8, 4) is 11.5 Å². The van der Waals surface area contributed by atoms with Gasteiger partial charge in [-0.1, -0.05) is 12.1 Å². The Morgan fingerprint density at radius 2 is 1.70 bits per heavy atom. The fourth-order valence-electron chi connectivity index (χ4n) is 1.83. The second-order valence-corrected chi connectivity index (χ2v) is 4.53. The summed E-state index contributed by atoms with van der Waals surface area (Å²) in [6, 6.07) is 9.72. The number of benzene rings is 2. The third-order valence-electron chi connectivity index (χ3n) is 2.87. The monoisotopic (exact) mass is 325 g/mol. The summed E-state index contributed by atoms with van der Waals surface area (Å²) in [5, 5.41) is 10.4. The normalized spacial score (nSPS) is 11.1. The molecule has 0 fully saturated rings. The van der Waals surface area contributed by atoms with Crippen molar-refractivity contribution in [1.82, 2.24) is 0 Å². The third kappa shape index (κ3) is 4.29. The number of Topliss-reactive ketones (excluding diaryl/α,β-unsaturated/α-hetero) is 1. The zero-order chi connectivity index (χ0) is 17.0. The van der Waals surface area contributed by atoms with Crippen molar-refractivity contribution < 1.29 is 27.6 Å². The number of ether oxygens (including phenoxy) is 1. The maximum atomic E-state index is 12.5. The summed E-state index contributed by atoms with van der Waals surface area (Å²) in [6.45, 7) is -0.895. The highest BCUT2D eigenvalue weighted by molar-refractivity contribution is 5.99. The number of carbonyl (C=O) groups is 1. The van der Waals surface area contributed by atoms with Gasteiger partial charge in [-0.3, -0.25) is 14.9 Å². The number of ketones is 1. The Bertz CT molecular complexity index is 726. The molecular formula is C15H10F3NO4. The summed E-state index contributed by atoms with van der Waals surface area (Å²) in [7, 11) is 0. The van der Waals surface area contributed by atoms with Crippen LogP contribution in [0.2, 0.25) is 0 Å². The Hall–Kier alpha value is -2.90. The minimum Gasteiger partial charge on any atom is -0.457 e. The summed E-state index contributed by atoms with van der Waals surface area (Å²) < 4.78 is 42.8. The largest absolute Gasteiger partial charge is 0.457 e. The highest BCUT2D eigenvalue weighted by atomic mass is 19.4. The van der Waals surface area contributed by atoms with Crippen molar-refractivity contribution >= 4 is 5.78 Å². The van der Waals surface area contributed by atoms with Crippen LogP contribution in [-0.4, -0.2) is 17.3 Å². The standard InChI is InChI=1S/C15H10F3NO4/c16-15(17,18)10-5-7-11(8-6-10)23-14-4-2-1-3-12(14)13(20)9-19(21)22/h1-8H,9H2. The fourth-order valence-corrected chi connectivity index (χ4v) is 1.83. The quantitative estimate of drug-likeness (QED) is 0.474. The van der Waals surface area contributed by atoms with Gasteiger partial charge in [-0.25, -0.2) is 0 Å². The van der Waals surface area contributed by atoms with Crippen LogP contribution in [-0.2, 0) is 6.18 Å². The molecule has 0 unspecified atom stereocenters. The predicted octanol–water partition coefficient (Wildman–Crippen LogP) is 3.96. The number of rotatable bonds is 5. The highest BCUT2D eigenvalue weighted by Crippen LogP contribution is 2.32. The van der Waals surface area contributed by atoms with Crippen LogP contribution < -0.4 is 4.74 Å². The van der Waals surface area contributed by atoms with Crippen molar-refractivity contribution in [3.63, 3.8) is 0 Å². The number of para-hydroxylation sites is 1. The van der Waals surface area contributed by atoms with E-state index in [-0.39, 0.29) is 17.1 Å². The Balaban J connectivity index is 2.24. The lowest BCUT2D eigenvalue weighted by molar-refractivity contribution is -0.465. The number of carbonyl (C=O) groups excluding carboxylic acids is 1. The minimum absolute atomic E-state index is 0.0101. The molecule has 0 aromatic heterocycles. The summed E-state index contributed by atoms with van der Waals surface area (Å²) in [5.74, 6) is -0.629. The molecule has 0 bridgehead atoms. The van der Waals surface area contributed by atoms with Crippen LogP contribution in [0.5, 0.6) is 11.5 Å². The highest BCUT2D eigenvalue weighted by Gasteiger charge is 2.30. The zero-order valence-corrected chi connectivity index (χ0v) is 11.5. The van der Waals surface area contributed by atoms with E-state index in [2.05, 4.69) is 0 Å². The molecule has 0 aliphatic heterocycles. The van der Waals surface area contributed by atoms with Crippen LogP contribution in [0.15, 0.2) is 48.5 Å². The minimum atomic E-state index is -4.46. The van der Waals surface area contributed by atoms with Crippen LogP contribution in [0.25, 0.3) is 0 Å². The molecule has 23 heavy (non-hydrogen) atoms. The second-order valence-electron chi connectivity index (χ2n) is 4.53. The average Bonchev–Trinajstić information content (AvgIpc) is 2.46. The maximum absolute atomic E-state index is 12.5. The Morgan fingerprint density at radius 1 is 1.09 bits per heavy atom. The molecule has 2 aromatic rings. The number of nitro groups is 1. The first-order valence-electron chi connectivity index (χ1n) is 6.36. The van der Waals surface area contributed by atoms with Crippen molar-refractivity contribution in [2.45, 2.75) is 6.18 Å². The molecule has 0 aliphatic carbocycles. The van der Waals surface area contributed by atoms with Crippen LogP contribution >= 0.6 is 0 Å². The molecule has 2 aromatic carbocycles. The molecule has 8 heteroatoms. The van der Waals surface area contributed by atoms with E-state index in [1.165, 1.54) is 18.2 Å². The van der Waals surface area contributed by atoms with E-state index < -0.39 is 29.0 Å². The van der Waals surface area contributed by atoms with Gasteiger partial charge in [0.05, 0.1) is 11.1 Å². The van der Waals surface area contributed by atoms with Gasteiger partial charge in [-0.15, -0.1) is 0 Å². The van der Waals surface area contributed by atoms with Gasteiger partial charge in [0, 0.05) is 4.92 Å². The Morgan fingerprint density at radius 3 is 2.26 bits per heavy atom. The molecule has 0 radical (unpaired) electrons. The van der Waals surface area contributed by atoms with E-state index in [1.54, 1.807) is 6.07 Å². The summed E-state index contributed by atoms with van der Waals surface area (Å²) in [6.07, 6.45) is -4.46. The van der Waals surface area contributed by atoms with Crippen molar-refractivity contribution in [1.29, 1.82) is 0 Å². The lowest BCUT2D eigenvalue weighted by atomic mass is 10.1. The van der Waals surface area contributed by atoms with Gasteiger partial charge < -0.3 is 4.74 Å². The summed E-state index contributed by atoms with van der Waals surface area (Å²) in [5.41, 5.74) is -0.841. The maximum Gasteiger partial charge on any atom is 0.416 e.